The molecule has 15 heavy (non-hydrogen) atoms. The third-order valence-electron chi connectivity index (χ3n) is 1.80. The molecule has 0 fully saturated rings. The molecule has 0 unspecified atom stereocenters. The van der Waals surface area contributed by atoms with E-state index in [9.17, 15) is 4.79 Å². The number of hydrogen-bond acceptors (Lipinski definition) is 5. The van der Waals surface area contributed by atoms with E-state index in [1.165, 1.54) is 39.9 Å². The highest BCUT2D eigenvalue weighted by atomic mass is 16.5. The second-order valence-electron chi connectivity index (χ2n) is 2.55. The van der Waals surface area contributed by atoms with Crippen molar-refractivity contribution in [3.05, 3.63) is 12.1 Å². The monoisotopic (exact) mass is 211 g/mol. The maximum atomic E-state index is 10.1. The first-order valence-electron chi connectivity index (χ1n) is 4.10. The van der Waals surface area contributed by atoms with Crippen LogP contribution in [0.15, 0.2) is 12.1 Å². The van der Waals surface area contributed by atoms with Gasteiger partial charge < -0.3 is 18.9 Å². The van der Waals surface area contributed by atoms with Crippen molar-refractivity contribution in [2.75, 3.05) is 21.3 Å². The third-order valence-corrected chi connectivity index (χ3v) is 1.80. The van der Waals surface area contributed by atoms with Gasteiger partial charge in [-0.2, -0.15) is 0 Å². The van der Waals surface area contributed by atoms with E-state index in [4.69, 9.17) is 14.2 Å². The number of methoxy groups -OCH3 is 3. The second-order valence-corrected chi connectivity index (χ2v) is 2.55. The van der Waals surface area contributed by atoms with Crippen molar-refractivity contribution in [3.8, 4) is 23.0 Å². The summed E-state index contributed by atoms with van der Waals surface area (Å²) in [4.78, 5) is 10.1. The quantitative estimate of drug-likeness (QED) is 0.731. The highest BCUT2D eigenvalue weighted by Gasteiger charge is 2.13. The van der Waals surface area contributed by atoms with Crippen molar-refractivity contribution in [1.29, 1.82) is 0 Å². The summed E-state index contributed by atoms with van der Waals surface area (Å²) in [7, 11) is 4.45. The molecule has 0 saturated heterocycles. The van der Waals surface area contributed by atoms with E-state index < -0.39 is 0 Å². The summed E-state index contributed by atoms with van der Waals surface area (Å²) in [6.07, 6.45) is 0. The van der Waals surface area contributed by atoms with E-state index in [0.717, 1.165) is 0 Å². The van der Waals surface area contributed by atoms with Crippen LogP contribution in [0.2, 0.25) is 0 Å². The van der Waals surface area contributed by atoms with Crippen molar-refractivity contribution in [3.63, 3.8) is 0 Å². The number of ether oxygens (including phenoxy) is 4. The van der Waals surface area contributed by atoms with Crippen molar-refractivity contribution in [2.24, 2.45) is 0 Å². The van der Waals surface area contributed by atoms with Gasteiger partial charge in [0, 0.05) is 12.1 Å². The maximum Gasteiger partial charge on any atom is 0.423 e. The summed E-state index contributed by atoms with van der Waals surface area (Å²) >= 11 is 0. The van der Waals surface area contributed by atoms with Crippen LogP contribution < -0.4 is 18.9 Å². The molecule has 81 valence electrons. The highest BCUT2D eigenvalue weighted by Crippen LogP contribution is 2.40. The number of rotatable bonds is 5. The predicted molar refractivity (Wildman–Crippen MR) is 52.4 cm³/mol. The summed E-state index contributed by atoms with van der Waals surface area (Å²) in [6.45, 7) is 1.32. The smallest absolute Gasteiger partial charge is 0.423 e. The number of hydrogen-bond donors (Lipinski definition) is 0. The molecule has 0 bridgehead atoms. The van der Waals surface area contributed by atoms with Gasteiger partial charge in [0.2, 0.25) is 5.75 Å². The Balaban J connectivity index is 3.22. The Kier molecular flexibility index (Phi) is 3.79. The van der Waals surface area contributed by atoms with Gasteiger partial charge in [0.15, 0.2) is 11.5 Å². The van der Waals surface area contributed by atoms with E-state index >= 15 is 0 Å². The van der Waals surface area contributed by atoms with Crippen LogP contribution in [0.4, 0.5) is 0 Å². The van der Waals surface area contributed by atoms with Gasteiger partial charge in [-0.1, -0.05) is 0 Å². The van der Waals surface area contributed by atoms with Crippen molar-refractivity contribution >= 4 is 6.47 Å². The Hall–Kier alpha value is -1.91. The van der Waals surface area contributed by atoms with Crippen molar-refractivity contribution in [1.82, 2.24) is 0 Å². The molecule has 1 aromatic carbocycles. The normalized spacial score (nSPS) is 9.27. The van der Waals surface area contributed by atoms with Crippen LogP contribution in [0.1, 0.15) is 0 Å². The zero-order chi connectivity index (χ0) is 11.3. The number of benzene rings is 1. The fraction of sp³-hybridized carbons (Fsp3) is 0.300. The SMILES string of the molecule is COc1cc(O[C]=O)cc(OC)c1OC. The Morgan fingerprint density at radius 3 is 1.87 bits per heavy atom. The molecule has 1 rings (SSSR count). The lowest BCUT2D eigenvalue weighted by Crippen LogP contribution is -1.97. The van der Waals surface area contributed by atoms with Crippen LogP contribution in [0.25, 0.3) is 0 Å². The molecule has 0 heterocycles. The zero-order valence-electron chi connectivity index (χ0n) is 8.70. The molecule has 1 radical (unpaired) electrons. The van der Waals surface area contributed by atoms with Gasteiger partial charge in [0.05, 0.1) is 21.3 Å². The van der Waals surface area contributed by atoms with Gasteiger partial charge in [-0.05, 0) is 0 Å². The minimum Gasteiger partial charge on any atom is -0.493 e. The summed E-state index contributed by atoms with van der Waals surface area (Å²) in [5.41, 5.74) is 0. The van der Waals surface area contributed by atoms with Gasteiger partial charge in [-0.25, -0.2) is 4.79 Å². The average molecular weight is 211 g/mol. The molecule has 0 aromatic heterocycles. The summed E-state index contributed by atoms with van der Waals surface area (Å²) in [5.74, 6) is 1.56. The lowest BCUT2D eigenvalue weighted by Gasteiger charge is -2.12. The van der Waals surface area contributed by atoms with Gasteiger partial charge in [-0.3, -0.25) is 0 Å². The summed E-state index contributed by atoms with van der Waals surface area (Å²) in [5, 5.41) is 0. The summed E-state index contributed by atoms with van der Waals surface area (Å²) in [6, 6.07) is 3.01. The minimum atomic E-state index is 0.277. The first kappa shape index (κ1) is 11.2. The lowest BCUT2D eigenvalue weighted by molar-refractivity contribution is 0.321. The first-order chi connectivity index (χ1) is 7.26. The molecular formula is C10H11O5. The van der Waals surface area contributed by atoms with Gasteiger partial charge in [0.25, 0.3) is 0 Å². The predicted octanol–water partition coefficient (Wildman–Crippen LogP) is 1.16. The zero-order valence-corrected chi connectivity index (χ0v) is 8.70. The fourth-order valence-corrected chi connectivity index (χ4v) is 1.16. The Labute approximate surface area is 87.5 Å². The lowest BCUT2D eigenvalue weighted by atomic mass is 10.2. The van der Waals surface area contributed by atoms with Gasteiger partial charge in [-0.15, -0.1) is 0 Å². The number of carbonyl (C=O) groups excluding carboxylic acids is 1. The van der Waals surface area contributed by atoms with E-state index in [2.05, 4.69) is 4.74 Å². The van der Waals surface area contributed by atoms with Crippen LogP contribution >= 0.6 is 0 Å². The Bertz CT molecular complexity index is 323. The molecule has 0 atom stereocenters. The molecule has 1 aromatic rings. The topological polar surface area (TPSA) is 54.0 Å². The fourth-order valence-electron chi connectivity index (χ4n) is 1.16. The molecule has 0 amide bonds. The standard InChI is InChI=1S/C10H11O5/c1-12-8-4-7(15-6-11)5-9(13-2)10(8)14-3/h4-5H,1-3H3. The maximum absolute atomic E-state index is 10.1. The molecule has 0 aliphatic heterocycles. The van der Waals surface area contributed by atoms with Crippen LogP contribution in [0.3, 0.4) is 0 Å². The van der Waals surface area contributed by atoms with Crippen LogP contribution in [-0.4, -0.2) is 27.8 Å². The largest absolute Gasteiger partial charge is 0.493 e. The first-order valence-corrected chi connectivity index (χ1v) is 4.10. The summed E-state index contributed by atoms with van der Waals surface area (Å²) < 4.78 is 19.8. The Morgan fingerprint density at radius 1 is 1.00 bits per heavy atom. The molecule has 0 aliphatic carbocycles. The third kappa shape index (κ3) is 2.31. The molecule has 0 saturated carbocycles. The highest BCUT2D eigenvalue weighted by molar-refractivity contribution is 5.58. The van der Waals surface area contributed by atoms with Gasteiger partial charge in [0.1, 0.15) is 5.75 Å². The average Bonchev–Trinajstić information content (AvgIpc) is 2.28. The second kappa shape index (κ2) is 5.09. The van der Waals surface area contributed by atoms with Gasteiger partial charge >= 0.3 is 6.47 Å². The molecule has 5 heteroatoms. The van der Waals surface area contributed by atoms with Crippen LogP contribution in [-0.2, 0) is 4.79 Å². The van der Waals surface area contributed by atoms with E-state index in [0.29, 0.717) is 17.2 Å². The minimum absolute atomic E-state index is 0.277. The molecule has 5 nitrogen and oxygen atoms in total. The Morgan fingerprint density at radius 2 is 1.53 bits per heavy atom. The van der Waals surface area contributed by atoms with Crippen molar-refractivity contribution < 1.29 is 23.7 Å². The van der Waals surface area contributed by atoms with E-state index in [1.807, 2.05) is 0 Å². The van der Waals surface area contributed by atoms with E-state index in [-0.39, 0.29) is 5.75 Å². The molecule has 0 aliphatic rings. The molecule has 0 spiro atoms. The molecular weight excluding hydrogens is 200 g/mol. The van der Waals surface area contributed by atoms with Crippen LogP contribution in [0, 0.1) is 0 Å². The molecule has 0 N–H and O–H groups in total. The van der Waals surface area contributed by atoms with Crippen LogP contribution in [0.5, 0.6) is 23.0 Å². The van der Waals surface area contributed by atoms with E-state index in [1.54, 1.807) is 0 Å². The van der Waals surface area contributed by atoms with Crippen molar-refractivity contribution in [2.45, 2.75) is 0 Å².